The number of H-pyrrole nitrogens is 1. The van der Waals surface area contributed by atoms with Crippen LogP contribution in [-0.4, -0.2) is 48.4 Å². The molecule has 3 aromatic rings. The summed E-state index contributed by atoms with van der Waals surface area (Å²) in [6.45, 7) is 2.20. The number of hydrogen-bond acceptors (Lipinski definition) is 2. The molecule has 4 rings (SSSR count). The predicted octanol–water partition coefficient (Wildman–Crippen LogP) is 3.22. The zero-order chi connectivity index (χ0) is 20.9. The fourth-order valence-electron chi connectivity index (χ4n) is 3.87. The lowest BCUT2D eigenvalue weighted by atomic mass is 10.00. The van der Waals surface area contributed by atoms with Gasteiger partial charge in [0, 0.05) is 43.8 Å². The maximum absolute atomic E-state index is 13.5. The number of amides is 1. The van der Waals surface area contributed by atoms with Crippen molar-refractivity contribution in [2.45, 2.75) is 19.4 Å². The normalized spacial score (nSPS) is 13.5. The quantitative estimate of drug-likeness (QED) is 0.267. The van der Waals surface area contributed by atoms with Gasteiger partial charge in [0.15, 0.2) is 5.96 Å². The van der Waals surface area contributed by atoms with Crippen molar-refractivity contribution in [1.29, 1.82) is 0 Å². The van der Waals surface area contributed by atoms with Gasteiger partial charge in [-0.25, -0.2) is 4.39 Å². The minimum absolute atomic E-state index is 0. The number of aromatic amines is 1. The molecular weight excluding hydrogens is 508 g/mol. The molecule has 1 aromatic heterocycles. The molecule has 0 atom stereocenters. The molecule has 0 saturated heterocycles. The third-order valence-electron chi connectivity index (χ3n) is 5.53. The monoisotopic (exact) mass is 535 g/mol. The van der Waals surface area contributed by atoms with Gasteiger partial charge in [-0.15, -0.1) is 24.0 Å². The highest BCUT2D eigenvalue weighted by Gasteiger charge is 2.20. The fourth-order valence-corrected chi connectivity index (χ4v) is 3.87. The van der Waals surface area contributed by atoms with E-state index in [0.717, 1.165) is 29.4 Å². The van der Waals surface area contributed by atoms with Gasteiger partial charge in [-0.05, 0) is 47.7 Å². The number of fused-ring (bicyclic) bond motifs is 2. The third-order valence-corrected chi connectivity index (χ3v) is 5.53. The first-order valence-electron chi connectivity index (χ1n) is 10.2. The van der Waals surface area contributed by atoms with Crippen molar-refractivity contribution < 1.29 is 9.18 Å². The van der Waals surface area contributed by atoms with Gasteiger partial charge in [-0.1, -0.05) is 24.3 Å². The van der Waals surface area contributed by atoms with Gasteiger partial charge in [0.1, 0.15) is 5.82 Å². The summed E-state index contributed by atoms with van der Waals surface area (Å²) >= 11 is 0. The zero-order valence-corrected chi connectivity index (χ0v) is 19.8. The van der Waals surface area contributed by atoms with E-state index in [1.807, 2.05) is 23.2 Å². The van der Waals surface area contributed by atoms with Gasteiger partial charge >= 0.3 is 0 Å². The Morgan fingerprint density at radius 2 is 2.00 bits per heavy atom. The first kappa shape index (κ1) is 23.1. The van der Waals surface area contributed by atoms with Crippen LogP contribution >= 0.6 is 24.0 Å². The van der Waals surface area contributed by atoms with Crippen LogP contribution in [0, 0.1) is 5.82 Å². The van der Waals surface area contributed by atoms with Crippen molar-refractivity contribution in [1.82, 2.24) is 20.5 Å². The summed E-state index contributed by atoms with van der Waals surface area (Å²) in [5.41, 5.74) is 4.50. The van der Waals surface area contributed by atoms with Gasteiger partial charge in [-0.2, -0.15) is 0 Å². The van der Waals surface area contributed by atoms with Crippen molar-refractivity contribution in [2.24, 2.45) is 4.99 Å². The molecule has 0 bridgehead atoms. The van der Waals surface area contributed by atoms with Crippen molar-refractivity contribution in [3.63, 3.8) is 0 Å². The summed E-state index contributed by atoms with van der Waals surface area (Å²) in [5, 5.41) is 7.21. The number of aliphatic imine (C=N–C) groups is 1. The number of rotatable bonds is 5. The lowest BCUT2D eigenvalue weighted by Crippen LogP contribution is -2.46. The minimum atomic E-state index is -0.243. The Balaban J connectivity index is 0.00000272. The molecule has 1 aliphatic heterocycles. The van der Waals surface area contributed by atoms with Gasteiger partial charge < -0.3 is 20.5 Å². The molecule has 2 aromatic carbocycles. The van der Waals surface area contributed by atoms with Crippen molar-refractivity contribution in [3.05, 3.63) is 71.2 Å². The highest BCUT2D eigenvalue weighted by Crippen LogP contribution is 2.20. The Hall–Kier alpha value is -2.62. The first-order chi connectivity index (χ1) is 14.6. The van der Waals surface area contributed by atoms with Crippen LogP contribution in [0.3, 0.4) is 0 Å². The van der Waals surface area contributed by atoms with E-state index in [0.29, 0.717) is 25.5 Å². The Kier molecular flexibility index (Phi) is 7.89. The predicted molar refractivity (Wildman–Crippen MR) is 132 cm³/mol. The zero-order valence-electron chi connectivity index (χ0n) is 17.5. The standard InChI is InChI=1S/C23H26FN5O.HI/c1-25-23(26-10-8-17-13-27-21-7-6-19(24)12-20(17)21)28-14-22(30)29-11-9-16-4-2-3-5-18(16)15-29;/h2-7,12-13,27H,8-11,14-15H2,1H3,(H2,25,26,28);1H. The van der Waals surface area contributed by atoms with Gasteiger partial charge in [-0.3, -0.25) is 9.79 Å². The first-order valence-corrected chi connectivity index (χ1v) is 10.2. The maximum Gasteiger partial charge on any atom is 0.242 e. The molecule has 1 amide bonds. The molecule has 8 heteroatoms. The summed E-state index contributed by atoms with van der Waals surface area (Å²) in [6.07, 6.45) is 3.50. The number of carbonyl (C=O) groups excluding carboxylic acids is 1. The number of guanidine groups is 1. The fraction of sp³-hybridized carbons (Fsp3) is 0.304. The molecule has 3 N–H and O–H groups in total. The molecule has 1 aliphatic rings. The second-order valence-corrected chi connectivity index (χ2v) is 7.44. The summed E-state index contributed by atoms with van der Waals surface area (Å²) < 4.78 is 13.5. The second kappa shape index (κ2) is 10.6. The molecule has 0 radical (unpaired) electrons. The number of hydrogen-bond donors (Lipinski definition) is 3. The number of benzene rings is 2. The van der Waals surface area contributed by atoms with Crippen LogP contribution in [0.1, 0.15) is 16.7 Å². The number of aromatic nitrogens is 1. The Bertz CT molecular complexity index is 1080. The number of carbonyl (C=O) groups is 1. The molecule has 2 heterocycles. The molecule has 0 unspecified atom stereocenters. The summed E-state index contributed by atoms with van der Waals surface area (Å²) in [5.74, 6) is 0.388. The Labute approximate surface area is 198 Å². The van der Waals surface area contributed by atoms with E-state index >= 15 is 0 Å². The summed E-state index contributed by atoms with van der Waals surface area (Å²) in [7, 11) is 1.68. The summed E-state index contributed by atoms with van der Waals surface area (Å²) in [6, 6.07) is 13.0. The van der Waals surface area contributed by atoms with Crippen molar-refractivity contribution >= 4 is 46.7 Å². The van der Waals surface area contributed by atoms with E-state index in [2.05, 4.69) is 32.7 Å². The number of halogens is 2. The lowest BCUT2D eigenvalue weighted by Gasteiger charge is -2.29. The Morgan fingerprint density at radius 1 is 1.19 bits per heavy atom. The lowest BCUT2D eigenvalue weighted by molar-refractivity contribution is -0.130. The van der Waals surface area contributed by atoms with E-state index in [4.69, 9.17) is 0 Å². The summed E-state index contributed by atoms with van der Waals surface area (Å²) in [4.78, 5) is 21.8. The van der Waals surface area contributed by atoms with Crippen LogP contribution < -0.4 is 10.6 Å². The average Bonchev–Trinajstić information content (AvgIpc) is 3.17. The van der Waals surface area contributed by atoms with Crippen LogP contribution in [0.5, 0.6) is 0 Å². The van der Waals surface area contributed by atoms with Crippen LogP contribution in [-0.2, 0) is 24.2 Å². The largest absolute Gasteiger partial charge is 0.361 e. The molecule has 164 valence electrons. The van der Waals surface area contributed by atoms with Gasteiger partial charge in [0.25, 0.3) is 0 Å². The van der Waals surface area contributed by atoms with Crippen molar-refractivity contribution in [2.75, 3.05) is 26.7 Å². The molecule has 6 nitrogen and oxygen atoms in total. The van der Waals surface area contributed by atoms with Gasteiger partial charge in [0.05, 0.1) is 6.54 Å². The molecule has 0 spiro atoms. The molecule has 0 fully saturated rings. The van der Waals surface area contributed by atoms with Crippen LogP contribution in [0.15, 0.2) is 53.7 Å². The van der Waals surface area contributed by atoms with E-state index < -0.39 is 0 Å². The molecule has 0 aliphatic carbocycles. The smallest absolute Gasteiger partial charge is 0.242 e. The minimum Gasteiger partial charge on any atom is -0.361 e. The Morgan fingerprint density at radius 3 is 2.81 bits per heavy atom. The molecule has 31 heavy (non-hydrogen) atoms. The molecule has 0 saturated carbocycles. The highest BCUT2D eigenvalue weighted by atomic mass is 127. The average molecular weight is 535 g/mol. The topological polar surface area (TPSA) is 72.5 Å². The second-order valence-electron chi connectivity index (χ2n) is 7.44. The van der Waals surface area contributed by atoms with Crippen LogP contribution in [0.4, 0.5) is 4.39 Å². The number of nitrogens with zero attached hydrogens (tertiary/aromatic N) is 2. The van der Waals surface area contributed by atoms with Gasteiger partial charge in [0.2, 0.25) is 5.91 Å². The van der Waals surface area contributed by atoms with E-state index in [1.54, 1.807) is 19.2 Å². The van der Waals surface area contributed by atoms with E-state index in [1.165, 1.54) is 17.2 Å². The van der Waals surface area contributed by atoms with E-state index in [-0.39, 0.29) is 42.2 Å². The van der Waals surface area contributed by atoms with Crippen molar-refractivity contribution in [3.8, 4) is 0 Å². The van der Waals surface area contributed by atoms with E-state index in [9.17, 15) is 9.18 Å². The van der Waals surface area contributed by atoms with Crippen LogP contribution in [0.2, 0.25) is 0 Å². The SMILES string of the molecule is CN=C(NCCc1c[nH]c2ccc(F)cc12)NCC(=O)N1CCc2ccccc2C1.I. The molecular formula is C23H27FIN5O. The number of nitrogens with one attached hydrogen (secondary N) is 3. The third kappa shape index (κ3) is 5.55. The van der Waals surface area contributed by atoms with Crippen LogP contribution in [0.25, 0.3) is 10.9 Å². The highest BCUT2D eigenvalue weighted by molar-refractivity contribution is 14.0. The maximum atomic E-state index is 13.5.